The maximum Gasteiger partial charge on any atom is 0.317 e. The molecule has 0 spiro atoms. The number of methoxy groups -OCH3 is 1. The second kappa shape index (κ2) is 7.58. The fourth-order valence-electron chi connectivity index (χ4n) is 4.27. The number of rotatable bonds is 4. The van der Waals surface area contributed by atoms with E-state index in [0.29, 0.717) is 26.2 Å². The lowest BCUT2D eigenvalue weighted by atomic mass is 9.95. The van der Waals surface area contributed by atoms with E-state index in [9.17, 15) is 13.2 Å². The molecule has 3 rings (SSSR count). The Labute approximate surface area is 144 Å². The summed E-state index contributed by atoms with van der Waals surface area (Å²) in [6.45, 7) is 2.58. The topological polar surface area (TPSA) is 79.0 Å². The molecule has 0 unspecified atom stereocenters. The Kier molecular flexibility index (Phi) is 5.66. The molecule has 0 aromatic carbocycles. The van der Waals surface area contributed by atoms with Gasteiger partial charge in [-0.1, -0.05) is 19.3 Å². The second-order valence-electron chi connectivity index (χ2n) is 7.22. The van der Waals surface area contributed by atoms with Gasteiger partial charge in [-0.15, -0.1) is 0 Å². The normalized spacial score (nSPS) is 31.0. The van der Waals surface area contributed by atoms with Gasteiger partial charge in [0.1, 0.15) is 0 Å². The molecule has 0 aromatic heterocycles. The first-order chi connectivity index (χ1) is 11.5. The SMILES string of the molecule is COCCN1CCN(C(=O)NC2CCCCC2)[C@@H]2CS(=O)(=O)C[C@@H]21. The predicted octanol–water partition coefficient (Wildman–Crippen LogP) is 0.458. The van der Waals surface area contributed by atoms with Crippen LogP contribution in [0, 0.1) is 0 Å². The van der Waals surface area contributed by atoms with Gasteiger partial charge < -0.3 is 15.0 Å². The molecule has 1 N–H and O–H groups in total. The summed E-state index contributed by atoms with van der Waals surface area (Å²) in [4.78, 5) is 16.7. The van der Waals surface area contributed by atoms with Crippen LogP contribution in [0.25, 0.3) is 0 Å². The molecule has 138 valence electrons. The lowest BCUT2D eigenvalue weighted by molar-refractivity contribution is 0.0456. The van der Waals surface area contributed by atoms with Crippen LogP contribution in [-0.2, 0) is 14.6 Å². The number of ether oxygens (including phenoxy) is 1. The summed E-state index contributed by atoms with van der Waals surface area (Å²) in [5.74, 6) is 0.230. The summed E-state index contributed by atoms with van der Waals surface area (Å²) in [7, 11) is -1.44. The monoisotopic (exact) mass is 359 g/mol. The van der Waals surface area contributed by atoms with Crippen LogP contribution in [-0.4, -0.2) is 87.2 Å². The summed E-state index contributed by atoms with van der Waals surface area (Å²) in [6.07, 6.45) is 5.64. The summed E-state index contributed by atoms with van der Waals surface area (Å²) in [5.41, 5.74) is 0. The van der Waals surface area contributed by atoms with E-state index in [2.05, 4.69) is 10.2 Å². The van der Waals surface area contributed by atoms with Crippen molar-refractivity contribution in [2.75, 3.05) is 44.9 Å². The molecule has 1 saturated carbocycles. The van der Waals surface area contributed by atoms with Crippen LogP contribution in [0.5, 0.6) is 0 Å². The van der Waals surface area contributed by atoms with Gasteiger partial charge in [0.2, 0.25) is 0 Å². The highest BCUT2D eigenvalue weighted by Crippen LogP contribution is 2.27. The smallest absolute Gasteiger partial charge is 0.317 e. The first-order valence-electron chi connectivity index (χ1n) is 9.01. The van der Waals surface area contributed by atoms with Crippen molar-refractivity contribution in [3.05, 3.63) is 0 Å². The molecule has 0 aromatic rings. The number of nitrogens with zero attached hydrogens (tertiary/aromatic N) is 2. The molecule has 3 fully saturated rings. The zero-order valence-electron chi connectivity index (χ0n) is 14.4. The van der Waals surface area contributed by atoms with E-state index in [1.807, 2.05) is 0 Å². The van der Waals surface area contributed by atoms with Gasteiger partial charge in [-0.25, -0.2) is 13.2 Å². The molecular formula is C16H29N3O4S. The Balaban J connectivity index is 1.67. The number of nitrogens with one attached hydrogen (secondary N) is 1. The Bertz CT molecular complexity index is 548. The van der Waals surface area contributed by atoms with Crippen LogP contribution >= 0.6 is 0 Å². The number of urea groups is 1. The summed E-state index contributed by atoms with van der Waals surface area (Å²) >= 11 is 0. The van der Waals surface area contributed by atoms with Gasteiger partial charge in [0.15, 0.2) is 9.84 Å². The zero-order chi connectivity index (χ0) is 17.2. The molecule has 0 bridgehead atoms. The number of carbonyl (C=O) groups excluding carboxylic acids is 1. The molecule has 2 saturated heterocycles. The molecule has 3 aliphatic rings. The molecule has 8 heteroatoms. The van der Waals surface area contributed by atoms with Crippen molar-refractivity contribution >= 4 is 15.9 Å². The first kappa shape index (κ1) is 17.9. The molecule has 7 nitrogen and oxygen atoms in total. The number of fused-ring (bicyclic) bond motifs is 1. The Hall–Kier alpha value is -0.860. The molecule has 2 amide bonds. The summed E-state index contributed by atoms with van der Waals surface area (Å²) in [6, 6.07) is -0.171. The minimum Gasteiger partial charge on any atom is -0.383 e. The first-order valence-corrected chi connectivity index (χ1v) is 10.8. The van der Waals surface area contributed by atoms with Gasteiger partial charge in [-0.05, 0) is 12.8 Å². The van der Waals surface area contributed by atoms with E-state index < -0.39 is 9.84 Å². The van der Waals surface area contributed by atoms with E-state index in [0.717, 1.165) is 25.7 Å². The zero-order valence-corrected chi connectivity index (χ0v) is 15.3. The number of carbonyl (C=O) groups is 1. The lowest BCUT2D eigenvalue weighted by Crippen LogP contribution is -2.63. The van der Waals surface area contributed by atoms with E-state index in [4.69, 9.17) is 4.74 Å². The number of piperazine rings is 1. The highest BCUT2D eigenvalue weighted by Gasteiger charge is 2.48. The van der Waals surface area contributed by atoms with E-state index in [1.54, 1.807) is 12.0 Å². The molecule has 1 aliphatic carbocycles. The number of hydrogen-bond donors (Lipinski definition) is 1. The van der Waals surface area contributed by atoms with Crippen molar-refractivity contribution in [1.29, 1.82) is 0 Å². The fourth-order valence-corrected chi connectivity index (χ4v) is 6.28. The Morgan fingerprint density at radius 2 is 1.83 bits per heavy atom. The van der Waals surface area contributed by atoms with Crippen molar-refractivity contribution in [2.45, 2.75) is 50.2 Å². The maximum absolute atomic E-state index is 12.7. The van der Waals surface area contributed by atoms with Crippen LogP contribution in [0.2, 0.25) is 0 Å². The van der Waals surface area contributed by atoms with Crippen molar-refractivity contribution in [3.63, 3.8) is 0 Å². The van der Waals surface area contributed by atoms with Crippen LogP contribution in [0.15, 0.2) is 0 Å². The van der Waals surface area contributed by atoms with Gasteiger partial charge >= 0.3 is 6.03 Å². The average Bonchev–Trinajstić information content (AvgIpc) is 2.88. The number of amides is 2. The molecule has 24 heavy (non-hydrogen) atoms. The lowest BCUT2D eigenvalue weighted by Gasteiger charge is -2.44. The van der Waals surface area contributed by atoms with Crippen LogP contribution in [0.4, 0.5) is 4.79 Å². The Morgan fingerprint density at radius 3 is 2.54 bits per heavy atom. The number of sulfone groups is 1. The van der Waals surface area contributed by atoms with Crippen molar-refractivity contribution < 1.29 is 17.9 Å². The average molecular weight is 359 g/mol. The third-order valence-electron chi connectivity index (χ3n) is 5.57. The van der Waals surface area contributed by atoms with Crippen LogP contribution in [0.3, 0.4) is 0 Å². The minimum absolute atomic E-state index is 0.0826. The molecular weight excluding hydrogens is 330 g/mol. The highest BCUT2D eigenvalue weighted by molar-refractivity contribution is 7.91. The standard InChI is InChI=1S/C16H29N3O4S/c1-23-10-9-18-7-8-19(15-12-24(21,22)11-14(15)18)16(20)17-13-5-3-2-4-6-13/h13-15H,2-12H2,1H3,(H,17,20)/t14-,15+/m0/s1. The van der Waals surface area contributed by atoms with Crippen molar-refractivity contribution in [2.24, 2.45) is 0 Å². The third kappa shape index (κ3) is 4.03. The predicted molar refractivity (Wildman–Crippen MR) is 91.8 cm³/mol. The maximum atomic E-state index is 12.7. The van der Waals surface area contributed by atoms with E-state index in [-0.39, 0.29) is 35.7 Å². The molecule has 2 heterocycles. The summed E-state index contributed by atoms with van der Waals surface area (Å²) < 4.78 is 29.5. The van der Waals surface area contributed by atoms with Gasteiger partial charge in [0.05, 0.1) is 24.2 Å². The Morgan fingerprint density at radius 1 is 1.12 bits per heavy atom. The van der Waals surface area contributed by atoms with E-state index >= 15 is 0 Å². The van der Waals surface area contributed by atoms with Gasteiger partial charge in [0.25, 0.3) is 0 Å². The molecule has 2 atom stereocenters. The molecule has 2 aliphatic heterocycles. The van der Waals surface area contributed by atoms with Gasteiger partial charge in [-0.3, -0.25) is 4.90 Å². The van der Waals surface area contributed by atoms with E-state index in [1.165, 1.54) is 6.42 Å². The third-order valence-corrected chi connectivity index (χ3v) is 7.27. The fraction of sp³-hybridized carbons (Fsp3) is 0.938. The summed E-state index contributed by atoms with van der Waals surface area (Å²) in [5, 5.41) is 3.14. The van der Waals surface area contributed by atoms with Crippen molar-refractivity contribution in [3.8, 4) is 0 Å². The number of hydrogen-bond acceptors (Lipinski definition) is 5. The van der Waals surface area contributed by atoms with Gasteiger partial charge in [-0.2, -0.15) is 0 Å². The van der Waals surface area contributed by atoms with Crippen molar-refractivity contribution in [1.82, 2.24) is 15.1 Å². The minimum atomic E-state index is -3.09. The quantitative estimate of drug-likeness (QED) is 0.789. The highest BCUT2D eigenvalue weighted by atomic mass is 32.2. The van der Waals surface area contributed by atoms with Gasteiger partial charge in [0, 0.05) is 38.8 Å². The molecule has 0 radical (unpaired) electrons. The van der Waals surface area contributed by atoms with Crippen LogP contribution < -0.4 is 5.32 Å². The van der Waals surface area contributed by atoms with Crippen LogP contribution in [0.1, 0.15) is 32.1 Å². The second-order valence-corrected chi connectivity index (χ2v) is 9.37. The largest absolute Gasteiger partial charge is 0.383 e.